The summed E-state index contributed by atoms with van der Waals surface area (Å²) in [5.41, 5.74) is 0.537. The number of hydrogen-bond donors (Lipinski definition) is 1. The van der Waals surface area contributed by atoms with Gasteiger partial charge in [-0.05, 0) is 32.0 Å². The highest BCUT2D eigenvalue weighted by Crippen LogP contribution is 2.25. The van der Waals surface area contributed by atoms with Crippen LogP contribution in [0.4, 0.5) is 0 Å². The number of benzene rings is 1. The number of amides is 1. The smallest absolute Gasteiger partial charge is 0.255 e. The van der Waals surface area contributed by atoms with Crippen LogP contribution in [0.3, 0.4) is 0 Å². The van der Waals surface area contributed by atoms with Crippen LogP contribution in [0.1, 0.15) is 21.9 Å². The van der Waals surface area contributed by atoms with Crippen molar-refractivity contribution in [2.45, 2.75) is 13.8 Å². The molecule has 5 heteroatoms. The van der Waals surface area contributed by atoms with Gasteiger partial charge in [0.25, 0.3) is 5.91 Å². The summed E-state index contributed by atoms with van der Waals surface area (Å²) in [6.07, 6.45) is 0. The van der Waals surface area contributed by atoms with Gasteiger partial charge in [0.1, 0.15) is 18.1 Å². The number of furan rings is 1. The second kappa shape index (κ2) is 7.95. The summed E-state index contributed by atoms with van der Waals surface area (Å²) >= 11 is 0. The van der Waals surface area contributed by atoms with Gasteiger partial charge in [0.2, 0.25) is 0 Å². The summed E-state index contributed by atoms with van der Waals surface area (Å²) in [7, 11) is 1.59. The second-order valence-electron chi connectivity index (χ2n) is 4.80. The highest BCUT2D eigenvalue weighted by atomic mass is 16.5. The molecular weight excluding hydrogens is 294 g/mol. The molecule has 0 bridgehead atoms. The van der Waals surface area contributed by atoms with Crippen LogP contribution in [0.2, 0.25) is 0 Å². The number of carbonyl (C=O) groups is 1. The maximum Gasteiger partial charge on any atom is 0.255 e. The minimum absolute atomic E-state index is 0.195. The van der Waals surface area contributed by atoms with Crippen LogP contribution in [0, 0.1) is 25.7 Å². The molecule has 2 rings (SSSR count). The molecule has 120 valence electrons. The Balaban J connectivity index is 1.78. The number of nitrogens with one attached hydrogen (secondary N) is 1. The van der Waals surface area contributed by atoms with Gasteiger partial charge in [0, 0.05) is 0 Å². The van der Waals surface area contributed by atoms with Crippen LogP contribution in [0.25, 0.3) is 0 Å². The summed E-state index contributed by atoms with van der Waals surface area (Å²) in [6, 6.07) is 9.07. The van der Waals surface area contributed by atoms with Gasteiger partial charge in [-0.3, -0.25) is 4.79 Å². The molecule has 2 aromatic rings. The van der Waals surface area contributed by atoms with Crippen molar-refractivity contribution in [3.63, 3.8) is 0 Å². The van der Waals surface area contributed by atoms with Crippen molar-refractivity contribution in [1.82, 2.24) is 5.32 Å². The minimum atomic E-state index is -0.195. The van der Waals surface area contributed by atoms with Gasteiger partial charge >= 0.3 is 0 Å². The average Bonchev–Trinajstić information content (AvgIpc) is 2.89. The fourth-order valence-electron chi connectivity index (χ4n) is 2.04. The van der Waals surface area contributed by atoms with Crippen molar-refractivity contribution in [2.24, 2.45) is 0 Å². The van der Waals surface area contributed by atoms with Crippen molar-refractivity contribution in [1.29, 1.82) is 0 Å². The maximum atomic E-state index is 11.9. The zero-order chi connectivity index (χ0) is 16.7. The lowest BCUT2D eigenvalue weighted by atomic mass is 10.2. The van der Waals surface area contributed by atoms with E-state index in [4.69, 9.17) is 13.9 Å². The highest BCUT2D eigenvalue weighted by Gasteiger charge is 2.12. The SMILES string of the molecule is COc1ccccc1OCC#CCNC(=O)c1cc(C)oc1C. The van der Waals surface area contributed by atoms with E-state index in [2.05, 4.69) is 17.2 Å². The van der Waals surface area contributed by atoms with Crippen molar-refractivity contribution >= 4 is 5.91 Å². The summed E-state index contributed by atoms with van der Waals surface area (Å²) in [6.45, 7) is 4.03. The van der Waals surface area contributed by atoms with E-state index in [-0.39, 0.29) is 19.1 Å². The number of rotatable bonds is 5. The number of para-hydroxylation sites is 2. The van der Waals surface area contributed by atoms with E-state index < -0.39 is 0 Å². The third-order valence-electron chi connectivity index (χ3n) is 3.12. The van der Waals surface area contributed by atoms with E-state index in [9.17, 15) is 4.79 Å². The molecule has 0 unspecified atom stereocenters. The van der Waals surface area contributed by atoms with Gasteiger partial charge in [-0.2, -0.15) is 0 Å². The molecule has 1 heterocycles. The maximum absolute atomic E-state index is 11.9. The molecule has 0 aliphatic heterocycles. The lowest BCUT2D eigenvalue weighted by Gasteiger charge is -2.07. The molecule has 0 atom stereocenters. The van der Waals surface area contributed by atoms with E-state index in [0.29, 0.717) is 28.6 Å². The zero-order valence-corrected chi connectivity index (χ0v) is 13.4. The number of aryl methyl sites for hydroxylation is 2. The van der Waals surface area contributed by atoms with Gasteiger partial charge in [-0.25, -0.2) is 0 Å². The normalized spacial score (nSPS) is 9.70. The van der Waals surface area contributed by atoms with Crippen molar-refractivity contribution in [2.75, 3.05) is 20.3 Å². The molecule has 0 aliphatic carbocycles. The molecule has 5 nitrogen and oxygen atoms in total. The van der Waals surface area contributed by atoms with Crippen LogP contribution < -0.4 is 14.8 Å². The van der Waals surface area contributed by atoms with Crippen LogP contribution in [-0.4, -0.2) is 26.2 Å². The fourth-order valence-corrected chi connectivity index (χ4v) is 2.04. The predicted octanol–water partition coefficient (Wildman–Crippen LogP) is 2.72. The first-order chi connectivity index (χ1) is 11.1. The van der Waals surface area contributed by atoms with Crippen molar-refractivity contribution in [3.8, 4) is 23.3 Å². The standard InChI is InChI=1S/C18H19NO4/c1-13-12-15(14(2)23-13)18(20)19-10-6-7-11-22-17-9-5-4-8-16(17)21-3/h4-5,8-9,12H,10-11H2,1-3H3,(H,19,20). The Labute approximate surface area is 135 Å². The second-order valence-corrected chi connectivity index (χ2v) is 4.80. The Morgan fingerprint density at radius 2 is 1.96 bits per heavy atom. The minimum Gasteiger partial charge on any atom is -0.493 e. The molecule has 0 saturated heterocycles. The van der Waals surface area contributed by atoms with Crippen molar-refractivity contribution < 1.29 is 18.7 Å². The number of methoxy groups -OCH3 is 1. The van der Waals surface area contributed by atoms with Gasteiger partial charge in [-0.1, -0.05) is 24.0 Å². The number of ether oxygens (including phenoxy) is 2. The van der Waals surface area contributed by atoms with E-state index >= 15 is 0 Å². The third kappa shape index (κ3) is 4.55. The van der Waals surface area contributed by atoms with Crippen LogP contribution >= 0.6 is 0 Å². The van der Waals surface area contributed by atoms with Crippen LogP contribution in [-0.2, 0) is 0 Å². The fraction of sp³-hybridized carbons (Fsp3) is 0.278. The monoisotopic (exact) mass is 313 g/mol. The number of carbonyl (C=O) groups excluding carboxylic acids is 1. The lowest BCUT2D eigenvalue weighted by Crippen LogP contribution is -2.23. The first-order valence-electron chi connectivity index (χ1n) is 7.18. The third-order valence-corrected chi connectivity index (χ3v) is 3.12. The quantitative estimate of drug-likeness (QED) is 0.862. The molecule has 0 saturated carbocycles. The van der Waals surface area contributed by atoms with Gasteiger partial charge < -0.3 is 19.2 Å². The van der Waals surface area contributed by atoms with Gasteiger partial charge in [-0.15, -0.1) is 0 Å². The van der Waals surface area contributed by atoms with E-state index in [0.717, 1.165) is 0 Å². The molecule has 0 aliphatic rings. The lowest BCUT2D eigenvalue weighted by molar-refractivity contribution is 0.0957. The molecule has 0 radical (unpaired) electrons. The largest absolute Gasteiger partial charge is 0.493 e. The van der Waals surface area contributed by atoms with Gasteiger partial charge in [0.05, 0.1) is 19.2 Å². The van der Waals surface area contributed by atoms with Crippen molar-refractivity contribution in [3.05, 3.63) is 47.4 Å². The van der Waals surface area contributed by atoms with E-state index in [1.165, 1.54) is 0 Å². The van der Waals surface area contributed by atoms with E-state index in [1.54, 1.807) is 27.0 Å². The molecule has 23 heavy (non-hydrogen) atoms. The van der Waals surface area contributed by atoms with Crippen LogP contribution in [0.5, 0.6) is 11.5 Å². The molecule has 1 aromatic carbocycles. The summed E-state index contributed by atoms with van der Waals surface area (Å²) < 4.78 is 16.0. The summed E-state index contributed by atoms with van der Waals surface area (Å²) in [5.74, 6) is 8.11. The Hall–Kier alpha value is -2.87. The molecule has 1 aromatic heterocycles. The first kappa shape index (κ1) is 16.5. The summed E-state index contributed by atoms with van der Waals surface area (Å²) in [4.78, 5) is 11.9. The Kier molecular flexibility index (Phi) is 5.70. The summed E-state index contributed by atoms with van der Waals surface area (Å²) in [5, 5.41) is 2.72. The Morgan fingerprint density at radius 1 is 1.22 bits per heavy atom. The topological polar surface area (TPSA) is 60.7 Å². The number of hydrogen-bond acceptors (Lipinski definition) is 4. The molecule has 1 N–H and O–H groups in total. The molecular formula is C18H19NO4. The predicted molar refractivity (Wildman–Crippen MR) is 86.8 cm³/mol. The average molecular weight is 313 g/mol. The first-order valence-corrected chi connectivity index (χ1v) is 7.18. The Bertz CT molecular complexity index is 737. The zero-order valence-electron chi connectivity index (χ0n) is 13.4. The van der Waals surface area contributed by atoms with Gasteiger partial charge in [0.15, 0.2) is 11.5 Å². The van der Waals surface area contributed by atoms with E-state index in [1.807, 2.05) is 24.3 Å². The van der Waals surface area contributed by atoms with Crippen LogP contribution in [0.15, 0.2) is 34.7 Å². The Morgan fingerprint density at radius 3 is 2.61 bits per heavy atom. The molecule has 0 fully saturated rings. The highest BCUT2D eigenvalue weighted by molar-refractivity contribution is 5.95. The molecule has 0 spiro atoms. The molecule has 1 amide bonds.